The molecule has 0 saturated heterocycles. The Morgan fingerprint density at radius 3 is 2.60 bits per heavy atom. The van der Waals surface area contributed by atoms with E-state index in [1.165, 1.54) is 0 Å². The molecule has 20 heavy (non-hydrogen) atoms. The normalized spacial score (nSPS) is 12.0. The number of aryl methyl sites for hydroxylation is 1. The second-order valence-corrected chi connectivity index (χ2v) is 4.38. The Balaban J connectivity index is 2.50. The van der Waals surface area contributed by atoms with Crippen molar-refractivity contribution < 1.29 is 9.47 Å². The van der Waals surface area contributed by atoms with Crippen molar-refractivity contribution in [1.82, 2.24) is 10.2 Å². The summed E-state index contributed by atoms with van der Waals surface area (Å²) in [5.41, 5.74) is 7.74. The maximum atomic E-state index is 11.8. The first kappa shape index (κ1) is 14.1. The van der Waals surface area contributed by atoms with E-state index in [1.54, 1.807) is 45.4 Å². The maximum Gasteiger partial charge on any atom is 0.269 e. The van der Waals surface area contributed by atoms with Crippen LogP contribution in [0.15, 0.2) is 29.1 Å². The number of hydrogen-bond acceptors (Lipinski definition) is 5. The van der Waals surface area contributed by atoms with Gasteiger partial charge in [-0.05, 0) is 25.1 Å². The van der Waals surface area contributed by atoms with E-state index in [0.29, 0.717) is 28.3 Å². The summed E-state index contributed by atoms with van der Waals surface area (Å²) in [4.78, 5) is 11.8. The lowest BCUT2D eigenvalue weighted by Gasteiger charge is -2.16. The predicted octanol–water partition coefficient (Wildman–Crippen LogP) is 1.14. The second-order valence-electron chi connectivity index (χ2n) is 4.38. The molecule has 1 heterocycles. The molecule has 1 unspecified atom stereocenters. The van der Waals surface area contributed by atoms with Gasteiger partial charge in [-0.1, -0.05) is 0 Å². The third-order valence-corrected chi connectivity index (χ3v) is 3.07. The van der Waals surface area contributed by atoms with Crippen molar-refractivity contribution in [2.75, 3.05) is 14.2 Å². The summed E-state index contributed by atoms with van der Waals surface area (Å²) in [5, 5.41) is 6.27. The van der Waals surface area contributed by atoms with Crippen molar-refractivity contribution in [1.29, 1.82) is 0 Å². The van der Waals surface area contributed by atoms with E-state index >= 15 is 0 Å². The van der Waals surface area contributed by atoms with E-state index in [4.69, 9.17) is 15.2 Å². The van der Waals surface area contributed by atoms with Gasteiger partial charge in [-0.2, -0.15) is 5.10 Å². The summed E-state index contributed by atoms with van der Waals surface area (Å²) in [6.45, 7) is 1.79. The van der Waals surface area contributed by atoms with E-state index in [2.05, 4.69) is 10.2 Å². The highest BCUT2D eigenvalue weighted by Gasteiger charge is 2.18. The number of nitrogens with zero attached hydrogens (tertiary/aromatic N) is 1. The third kappa shape index (κ3) is 2.65. The lowest BCUT2D eigenvalue weighted by atomic mass is 9.99. The van der Waals surface area contributed by atoms with Crippen molar-refractivity contribution in [3.8, 4) is 11.5 Å². The molecule has 0 fully saturated rings. The standard InChI is InChI=1S/C14H17N3O3/c1-8-6-11(14(18)17-16-8)13(15)10-5-4-9(19-2)7-12(10)20-3/h4-7,13H,15H2,1-3H3,(H,17,18). The second kappa shape index (κ2) is 5.75. The average molecular weight is 275 g/mol. The topological polar surface area (TPSA) is 90.2 Å². The molecule has 0 saturated carbocycles. The van der Waals surface area contributed by atoms with Crippen molar-refractivity contribution in [2.45, 2.75) is 13.0 Å². The van der Waals surface area contributed by atoms with Crippen molar-refractivity contribution >= 4 is 0 Å². The number of aromatic amines is 1. The Hall–Kier alpha value is -2.34. The van der Waals surface area contributed by atoms with Crippen LogP contribution in [0.1, 0.15) is 22.9 Å². The fourth-order valence-electron chi connectivity index (χ4n) is 2.00. The molecule has 1 aromatic heterocycles. The quantitative estimate of drug-likeness (QED) is 0.873. The summed E-state index contributed by atoms with van der Waals surface area (Å²) in [5.74, 6) is 1.24. The molecule has 0 amide bonds. The summed E-state index contributed by atoms with van der Waals surface area (Å²) >= 11 is 0. The first-order chi connectivity index (χ1) is 9.56. The van der Waals surface area contributed by atoms with Crippen LogP contribution >= 0.6 is 0 Å². The molecule has 0 bridgehead atoms. The molecule has 2 aromatic rings. The molecular formula is C14H17N3O3. The summed E-state index contributed by atoms with van der Waals surface area (Å²) in [6, 6.07) is 6.38. The number of H-pyrrole nitrogens is 1. The van der Waals surface area contributed by atoms with Crippen LogP contribution in [-0.2, 0) is 0 Å². The Bertz CT molecular complexity index is 667. The minimum atomic E-state index is -0.596. The van der Waals surface area contributed by atoms with Crippen LogP contribution in [0.25, 0.3) is 0 Å². The smallest absolute Gasteiger partial charge is 0.269 e. The van der Waals surface area contributed by atoms with Gasteiger partial charge in [-0.3, -0.25) is 4.79 Å². The number of methoxy groups -OCH3 is 2. The fraction of sp³-hybridized carbons (Fsp3) is 0.286. The van der Waals surface area contributed by atoms with Crippen LogP contribution in [-0.4, -0.2) is 24.4 Å². The Labute approximate surface area is 116 Å². The van der Waals surface area contributed by atoms with E-state index in [0.717, 1.165) is 0 Å². The maximum absolute atomic E-state index is 11.8. The van der Waals surface area contributed by atoms with Gasteiger partial charge in [0.15, 0.2) is 0 Å². The molecule has 0 aliphatic heterocycles. The van der Waals surface area contributed by atoms with Gasteiger partial charge >= 0.3 is 0 Å². The molecule has 2 rings (SSSR count). The number of benzene rings is 1. The van der Waals surface area contributed by atoms with Gasteiger partial charge in [0.05, 0.1) is 26.0 Å². The number of hydrogen-bond donors (Lipinski definition) is 2. The minimum absolute atomic E-state index is 0.305. The largest absolute Gasteiger partial charge is 0.497 e. The van der Waals surface area contributed by atoms with Crippen molar-refractivity contribution in [2.24, 2.45) is 5.73 Å². The van der Waals surface area contributed by atoms with Crippen LogP contribution in [0.3, 0.4) is 0 Å². The predicted molar refractivity (Wildman–Crippen MR) is 75.2 cm³/mol. The Kier molecular flexibility index (Phi) is 4.05. The fourth-order valence-corrected chi connectivity index (χ4v) is 2.00. The number of aromatic nitrogens is 2. The molecule has 0 spiro atoms. The van der Waals surface area contributed by atoms with Gasteiger partial charge in [0.1, 0.15) is 11.5 Å². The molecular weight excluding hydrogens is 258 g/mol. The van der Waals surface area contributed by atoms with Gasteiger partial charge in [0, 0.05) is 17.2 Å². The van der Waals surface area contributed by atoms with Gasteiger partial charge in [-0.15, -0.1) is 0 Å². The zero-order chi connectivity index (χ0) is 14.7. The van der Waals surface area contributed by atoms with Crippen LogP contribution in [0.2, 0.25) is 0 Å². The molecule has 3 N–H and O–H groups in total. The van der Waals surface area contributed by atoms with Gasteiger partial charge in [-0.25, -0.2) is 5.10 Å². The molecule has 0 aliphatic rings. The highest BCUT2D eigenvalue weighted by Crippen LogP contribution is 2.30. The van der Waals surface area contributed by atoms with Crippen LogP contribution in [0, 0.1) is 6.92 Å². The first-order valence-electron chi connectivity index (χ1n) is 6.10. The molecule has 1 aromatic carbocycles. The van der Waals surface area contributed by atoms with Gasteiger partial charge in [0.2, 0.25) is 0 Å². The van der Waals surface area contributed by atoms with Crippen LogP contribution < -0.4 is 20.8 Å². The third-order valence-electron chi connectivity index (χ3n) is 3.07. The van der Waals surface area contributed by atoms with Gasteiger partial charge in [0.25, 0.3) is 5.56 Å². The number of nitrogens with one attached hydrogen (secondary N) is 1. The minimum Gasteiger partial charge on any atom is -0.497 e. The zero-order valence-corrected chi connectivity index (χ0v) is 11.6. The van der Waals surface area contributed by atoms with Crippen molar-refractivity contribution in [3.05, 3.63) is 51.4 Å². The van der Waals surface area contributed by atoms with Crippen LogP contribution in [0.5, 0.6) is 11.5 Å². The lowest BCUT2D eigenvalue weighted by molar-refractivity contribution is 0.390. The number of rotatable bonds is 4. The molecule has 106 valence electrons. The monoisotopic (exact) mass is 275 g/mol. The summed E-state index contributed by atoms with van der Waals surface area (Å²) < 4.78 is 10.5. The molecule has 6 nitrogen and oxygen atoms in total. The first-order valence-corrected chi connectivity index (χ1v) is 6.10. The van der Waals surface area contributed by atoms with E-state index in [-0.39, 0.29) is 5.56 Å². The van der Waals surface area contributed by atoms with Crippen LogP contribution in [0.4, 0.5) is 0 Å². The lowest BCUT2D eigenvalue weighted by Crippen LogP contribution is -2.24. The Morgan fingerprint density at radius 1 is 1.20 bits per heavy atom. The van der Waals surface area contributed by atoms with E-state index in [1.807, 2.05) is 0 Å². The van der Waals surface area contributed by atoms with E-state index in [9.17, 15) is 4.79 Å². The zero-order valence-electron chi connectivity index (χ0n) is 11.6. The van der Waals surface area contributed by atoms with Gasteiger partial charge < -0.3 is 15.2 Å². The molecule has 1 atom stereocenters. The summed E-state index contributed by atoms with van der Waals surface area (Å²) in [7, 11) is 3.12. The Morgan fingerprint density at radius 2 is 1.95 bits per heavy atom. The highest BCUT2D eigenvalue weighted by atomic mass is 16.5. The van der Waals surface area contributed by atoms with Crippen molar-refractivity contribution in [3.63, 3.8) is 0 Å². The number of ether oxygens (including phenoxy) is 2. The van der Waals surface area contributed by atoms with E-state index < -0.39 is 6.04 Å². The summed E-state index contributed by atoms with van der Waals surface area (Å²) in [6.07, 6.45) is 0. The molecule has 0 radical (unpaired) electrons. The molecule has 6 heteroatoms. The highest BCUT2D eigenvalue weighted by molar-refractivity contribution is 5.45. The molecule has 0 aliphatic carbocycles. The average Bonchev–Trinajstić information content (AvgIpc) is 2.48. The SMILES string of the molecule is COc1ccc(C(N)c2cc(C)n[nH]c2=O)c(OC)c1. The number of nitrogens with two attached hydrogens (primary N) is 1.